The molecule has 2 heterocycles. The topological polar surface area (TPSA) is 103 Å². The number of hydrogen-bond donors (Lipinski definition) is 1. The minimum absolute atomic E-state index is 0.0732. The lowest BCUT2D eigenvalue weighted by Crippen LogP contribution is -2.17. The molecule has 0 spiro atoms. The van der Waals surface area contributed by atoms with Crippen LogP contribution in [-0.4, -0.2) is 40.2 Å². The molecule has 0 aromatic carbocycles. The Balaban J connectivity index is 1.80. The minimum Gasteiger partial charge on any atom is -0.322 e. The molecule has 0 amide bonds. The predicted molar refractivity (Wildman–Crippen MR) is 76.5 cm³/mol. The standard InChI is InChI=1S/C11H17N5O2S2/c1-20(17,18)6-5-8(12)10-15-16-9(7-3-2-4-7)13-14-11(16)19-10/h7-8H,2-6,12H2,1H3. The molecule has 9 heteroatoms. The molecule has 0 bridgehead atoms. The van der Waals surface area contributed by atoms with Gasteiger partial charge in [0, 0.05) is 12.2 Å². The zero-order chi connectivity index (χ0) is 14.3. The van der Waals surface area contributed by atoms with Gasteiger partial charge >= 0.3 is 0 Å². The van der Waals surface area contributed by atoms with Crippen molar-refractivity contribution in [2.75, 3.05) is 12.0 Å². The Bertz CT molecular complexity index is 716. The molecule has 0 radical (unpaired) electrons. The summed E-state index contributed by atoms with van der Waals surface area (Å²) in [4.78, 5) is 0.733. The second kappa shape index (κ2) is 5.05. The van der Waals surface area contributed by atoms with Gasteiger partial charge in [-0.15, -0.1) is 10.2 Å². The van der Waals surface area contributed by atoms with Crippen LogP contribution in [0.1, 0.15) is 48.5 Å². The van der Waals surface area contributed by atoms with Crippen molar-refractivity contribution in [3.05, 3.63) is 10.8 Å². The average Bonchev–Trinajstić information content (AvgIpc) is 2.84. The first-order chi connectivity index (χ1) is 9.44. The van der Waals surface area contributed by atoms with Gasteiger partial charge < -0.3 is 5.73 Å². The van der Waals surface area contributed by atoms with E-state index in [0.29, 0.717) is 12.3 Å². The zero-order valence-electron chi connectivity index (χ0n) is 11.2. The Morgan fingerprint density at radius 2 is 2.20 bits per heavy atom. The quantitative estimate of drug-likeness (QED) is 0.878. The monoisotopic (exact) mass is 315 g/mol. The Morgan fingerprint density at radius 1 is 1.45 bits per heavy atom. The van der Waals surface area contributed by atoms with Crippen molar-refractivity contribution in [2.45, 2.75) is 37.6 Å². The molecule has 1 aliphatic carbocycles. The third kappa shape index (κ3) is 2.70. The fourth-order valence-corrected chi connectivity index (χ4v) is 3.75. The first-order valence-electron chi connectivity index (χ1n) is 6.59. The third-order valence-corrected chi connectivity index (χ3v) is 5.63. The molecule has 1 unspecified atom stereocenters. The Morgan fingerprint density at radius 3 is 2.80 bits per heavy atom. The minimum atomic E-state index is -3.00. The van der Waals surface area contributed by atoms with E-state index in [-0.39, 0.29) is 11.8 Å². The van der Waals surface area contributed by atoms with Crippen LogP contribution in [-0.2, 0) is 9.84 Å². The Labute approximate surface area is 121 Å². The number of rotatable bonds is 5. The first-order valence-corrected chi connectivity index (χ1v) is 9.47. The maximum absolute atomic E-state index is 11.2. The summed E-state index contributed by atoms with van der Waals surface area (Å²) in [6.07, 6.45) is 5.08. The first kappa shape index (κ1) is 13.9. The fraction of sp³-hybridized carbons (Fsp3) is 0.727. The van der Waals surface area contributed by atoms with Crippen LogP contribution >= 0.6 is 11.3 Å². The highest BCUT2D eigenvalue weighted by Crippen LogP contribution is 2.36. The summed E-state index contributed by atoms with van der Waals surface area (Å²) in [6.45, 7) is 0. The molecule has 1 atom stereocenters. The van der Waals surface area contributed by atoms with Crippen molar-refractivity contribution < 1.29 is 8.42 Å². The van der Waals surface area contributed by atoms with Crippen molar-refractivity contribution in [3.8, 4) is 0 Å². The van der Waals surface area contributed by atoms with E-state index in [9.17, 15) is 8.42 Å². The van der Waals surface area contributed by atoms with Gasteiger partial charge in [-0.25, -0.2) is 8.42 Å². The molecule has 110 valence electrons. The number of aromatic nitrogens is 4. The number of nitrogens with zero attached hydrogens (tertiary/aromatic N) is 4. The van der Waals surface area contributed by atoms with Gasteiger partial charge in [-0.05, 0) is 19.3 Å². The molecule has 0 aliphatic heterocycles. The molecule has 0 saturated heterocycles. The van der Waals surface area contributed by atoms with Gasteiger partial charge in [-0.2, -0.15) is 9.61 Å². The van der Waals surface area contributed by atoms with E-state index in [0.717, 1.165) is 28.6 Å². The molecule has 1 fully saturated rings. The Kier molecular flexibility index (Phi) is 3.51. The molecule has 20 heavy (non-hydrogen) atoms. The van der Waals surface area contributed by atoms with E-state index >= 15 is 0 Å². The molecule has 2 N–H and O–H groups in total. The maximum atomic E-state index is 11.2. The molecule has 2 aromatic heterocycles. The summed E-state index contributed by atoms with van der Waals surface area (Å²) in [6, 6.07) is -0.370. The highest BCUT2D eigenvalue weighted by molar-refractivity contribution is 7.90. The number of hydrogen-bond acceptors (Lipinski definition) is 7. The van der Waals surface area contributed by atoms with Crippen LogP contribution in [0.15, 0.2) is 0 Å². The van der Waals surface area contributed by atoms with Gasteiger partial charge in [-0.1, -0.05) is 17.8 Å². The van der Waals surface area contributed by atoms with Gasteiger partial charge in [0.25, 0.3) is 0 Å². The molecule has 3 rings (SSSR count). The largest absolute Gasteiger partial charge is 0.322 e. The van der Waals surface area contributed by atoms with Gasteiger partial charge in [0.05, 0.1) is 11.8 Å². The number of fused-ring (bicyclic) bond motifs is 1. The van der Waals surface area contributed by atoms with Crippen molar-refractivity contribution in [3.63, 3.8) is 0 Å². The third-order valence-electron chi connectivity index (χ3n) is 3.62. The molecule has 7 nitrogen and oxygen atoms in total. The molecule has 1 aliphatic rings. The van der Waals surface area contributed by atoms with E-state index in [4.69, 9.17) is 5.73 Å². The van der Waals surface area contributed by atoms with Gasteiger partial charge in [0.15, 0.2) is 5.82 Å². The van der Waals surface area contributed by atoms with E-state index in [2.05, 4.69) is 15.3 Å². The van der Waals surface area contributed by atoms with E-state index in [1.54, 1.807) is 4.52 Å². The van der Waals surface area contributed by atoms with Crippen LogP contribution in [0.3, 0.4) is 0 Å². The van der Waals surface area contributed by atoms with Crippen molar-refractivity contribution in [1.82, 2.24) is 19.8 Å². The lowest BCUT2D eigenvalue weighted by atomic mass is 9.85. The lowest BCUT2D eigenvalue weighted by molar-refractivity contribution is 0.394. The van der Waals surface area contributed by atoms with Gasteiger partial charge in [0.2, 0.25) is 4.96 Å². The normalized spacial score (nSPS) is 18.3. The van der Waals surface area contributed by atoms with Crippen LogP contribution in [0.4, 0.5) is 0 Å². The highest BCUT2D eigenvalue weighted by Gasteiger charge is 2.27. The van der Waals surface area contributed by atoms with Crippen molar-refractivity contribution in [1.29, 1.82) is 0 Å². The average molecular weight is 315 g/mol. The SMILES string of the molecule is CS(=O)(=O)CCC(N)c1nn2c(C3CCC3)nnc2s1. The molecular weight excluding hydrogens is 298 g/mol. The highest BCUT2D eigenvalue weighted by atomic mass is 32.2. The summed E-state index contributed by atoms with van der Waals surface area (Å²) < 4.78 is 24.1. The second-order valence-electron chi connectivity index (χ2n) is 5.35. The summed E-state index contributed by atoms with van der Waals surface area (Å²) >= 11 is 1.39. The molecular formula is C11H17N5O2S2. The molecule has 2 aromatic rings. The Hall–Kier alpha value is -1.06. The second-order valence-corrected chi connectivity index (χ2v) is 8.59. The fourth-order valence-electron chi connectivity index (χ4n) is 2.18. The smallest absolute Gasteiger partial charge is 0.234 e. The summed E-state index contributed by atoms with van der Waals surface area (Å²) in [5, 5.41) is 13.5. The lowest BCUT2D eigenvalue weighted by Gasteiger charge is -2.22. The number of nitrogens with two attached hydrogens (primary N) is 1. The summed E-state index contributed by atoms with van der Waals surface area (Å²) in [5.41, 5.74) is 6.02. The van der Waals surface area contributed by atoms with E-state index in [1.165, 1.54) is 24.0 Å². The summed E-state index contributed by atoms with van der Waals surface area (Å²) in [7, 11) is -3.00. The van der Waals surface area contributed by atoms with Crippen LogP contribution < -0.4 is 5.73 Å². The van der Waals surface area contributed by atoms with Crippen LogP contribution in [0, 0.1) is 0 Å². The van der Waals surface area contributed by atoms with Crippen molar-refractivity contribution in [2.24, 2.45) is 5.73 Å². The number of sulfone groups is 1. The van der Waals surface area contributed by atoms with Gasteiger partial charge in [0.1, 0.15) is 14.8 Å². The van der Waals surface area contributed by atoms with E-state index in [1.807, 2.05) is 0 Å². The predicted octanol–water partition coefficient (Wildman–Crippen LogP) is 0.888. The van der Waals surface area contributed by atoms with Gasteiger partial charge in [-0.3, -0.25) is 0 Å². The van der Waals surface area contributed by atoms with Crippen LogP contribution in [0.2, 0.25) is 0 Å². The zero-order valence-corrected chi connectivity index (χ0v) is 12.8. The van der Waals surface area contributed by atoms with Crippen molar-refractivity contribution >= 4 is 26.1 Å². The van der Waals surface area contributed by atoms with Crippen LogP contribution in [0.5, 0.6) is 0 Å². The molecule has 1 saturated carbocycles. The van der Waals surface area contributed by atoms with Crippen LogP contribution in [0.25, 0.3) is 4.96 Å². The van der Waals surface area contributed by atoms with E-state index < -0.39 is 9.84 Å². The maximum Gasteiger partial charge on any atom is 0.234 e. The summed E-state index contributed by atoms with van der Waals surface area (Å²) in [5.74, 6) is 1.43.